The molecule has 2 aromatic carbocycles. The van der Waals surface area contributed by atoms with Gasteiger partial charge in [0.25, 0.3) is 0 Å². The van der Waals surface area contributed by atoms with Crippen LogP contribution in [-0.2, 0) is 11.3 Å². The molecule has 19 heavy (non-hydrogen) atoms. The van der Waals surface area contributed by atoms with Gasteiger partial charge in [-0.25, -0.2) is 0 Å². The quantitative estimate of drug-likeness (QED) is 0.764. The van der Waals surface area contributed by atoms with Gasteiger partial charge in [-0.05, 0) is 29.8 Å². The summed E-state index contributed by atoms with van der Waals surface area (Å²) in [7, 11) is 0. The van der Waals surface area contributed by atoms with Crippen molar-refractivity contribution in [2.24, 2.45) is 0 Å². The Bertz CT molecular complexity index is 565. The molecule has 4 heteroatoms. The second-order valence-corrected chi connectivity index (χ2v) is 4.93. The molecule has 0 bridgehead atoms. The number of hydrogen-bond acceptors (Lipinski definition) is 2. The van der Waals surface area contributed by atoms with Gasteiger partial charge in [-0.3, -0.25) is 4.79 Å². The van der Waals surface area contributed by atoms with E-state index in [-0.39, 0.29) is 12.4 Å². The third-order valence-corrected chi connectivity index (χ3v) is 3.05. The van der Waals surface area contributed by atoms with Gasteiger partial charge >= 0.3 is 0 Å². The molecule has 0 unspecified atom stereocenters. The molecule has 0 N–H and O–H groups in total. The van der Waals surface area contributed by atoms with Crippen LogP contribution in [-0.4, -0.2) is 12.4 Å². The lowest BCUT2D eigenvalue weighted by Gasteiger charge is -2.04. The highest BCUT2D eigenvalue weighted by molar-refractivity contribution is 6.31. The average Bonchev–Trinajstić information content (AvgIpc) is 2.41. The Balaban J connectivity index is 1.86. The maximum atomic E-state index is 11.8. The van der Waals surface area contributed by atoms with Crippen molar-refractivity contribution in [1.29, 1.82) is 0 Å². The largest absolute Gasteiger partial charge is 0.369 e. The number of carbonyl (C=O) groups is 1. The third-order valence-electron chi connectivity index (χ3n) is 2.56. The molecular formula is C15H12Cl2O2. The van der Waals surface area contributed by atoms with Crippen LogP contribution in [0, 0.1) is 0 Å². The predicted octanol–water partition coefficient (Wildman–Crippen LogP) is 4.39. The molecule has 2 nitrogen and oxygen atoms in total. The van der Waals surface area contributed by atoms with Gasteiger partial charge in [0, 0.05) is 15.6 Å². The highest BCUT2D eigenvalue weighted by Crippen LogP contribution is 2.12. The summed E-state index contributed by atoms with van der Waals surface area (Å²) in [5.41, 5.74) is 1.53. The molecule has 0 fully saturated rings. The van der Waals surface area contributed by atoms with Crippen LogP contribution in [0.4, 0.5) is 0 Å². The number of hydrogen-bond donors (Lipinski definition) is 0. The number of rotatable bonds is 5. The van der Waals surface area contributed by atoms with Crippen molar-refractivity contribution in [2.45, 2.75) is 6.61 Å². The average molecular weight is 295 g/mol. The zero-order chi connectivity index (χ0) is 13.7. The SMILES string of the molecule is O=C(COCc1ccc(Cl)cc1)c1cccc(Cl)c1. The van der Waals surface area contributed by atoms with Crippen LogP contribution < -0.4 is 0 Å². The normalized spacial score (nSPS) is 10.4. The minimum absolute atomic E-state index is 0.0307. The standard InChI is InChI=1S/C15H12Cl2O2/c16-13-6-4-11(5-7-13)9-19-10-15(18)12-2-1-3-14(17)8-12/h1-8H,9-10H2. The Morgan fingerprint density at radius 2 is 1.74 bits per heavy atom. The van der Waals surface area contributed by atoms with Crippen LogP contribution >= 0.6 is 23.2 Å². The molecule has 2 aromatic rings. The zero-order valence-electron chi connectivity index (χ0n) is 10.1. The first-order valence-corrected chi connectivity index (χ1v) is 6.52. The summed E-state index contributed by atoms with van der Waals surface area (Å²) in [5.74, 6) is -0.0866. The van der Waals surface area contributed by atoms with E-state index in [2.05, 4.69) is 0 Å². The molecule has 0 aromatic heterocycles. The van der Waals surface area contributed by atoms with Gasteiger partial charge in [-0.1, -0.05) is 47.5 Å². The van der Waals surface area contributed by atoms with Crippen molar-refractivity contribution in [2.75, 3.05) is 6.61 Å². The van der Waals surface area contributed by atoms with E-state index in [1.165, 1.54) is 0 Å². The monoisotopic (exact) mass is 294 g/mol. The van der Waals surface area contributed by atoms with Gasteiger partial charge in [-0.15, -0.1) is 0 Å². The topological polar surface area (TPSA) is 26.3 Å². The lowest BCUT2D eigenvalue weighted by Crippen LogP contribution is -2.09. The van der Waals surface area contributed by atoms with E-state index in [0.29, 0.717) is 22.2 Å². The van der Waals surface area contributed by atoms with Crippen LogP contribution in [0.15, 0.2) is 48.5 Å². The Morgan fingerprint density at radius 1 is 1.00 bits per heavy atom. The van der Waals surface area contributed by atoms with Crippen molar-refractivity contribution < 1.29 is 9.53 Å². The molecule has 0 saturated carbocycles. The maximum absolute atomic E-state index is 11.8. The molecule has 0 heterocycles. The van der Waals surface area contributed by atoms with Crippen LogP contribution in [0.3, 0.4) is 0 Å². The highest BCUT2D eigenvalue weighted by atomic mass is 35.5. The number of halogens is 2. The van der Waals surface area contributed by atoms with E-state index in [1.807, 2.05) is 12.1 Å². The summed E-state index contributed by atoms with van der Waals surface area (Å²) in [6.07, 6.45) is 0. The summed E-state index contributed by atoms with van der Waals surface area (Å²) < 4.78 is 5.38. The molecular weight excluding hydrogens is 283 g/mol. The molecule has 0 radical (unpaired) electrons. The molecule has 0 spiro atoms. The summed E-state index contributed by atoms with van der Waals surface area (Å²) in [4.78, 5) is 11.8. The van der Waals surface area contributed by atoms with Crippen molar-refractivity contribution in [3.63, 3.8) is 0 Å². The second kappa shape index (κ2) is 6.71. The predicted molar refractivity (Wildman–Crippen MR) is 76.9 cm³/mol. The first-order chi connectivity index (χ1) is 9.15. The van der Waals surface area contributed by atoms with Gasteiger partial charge in [0.2, 0.25) is 0 Å². The van der Waals surface area contributed by atoms with E-state index < -0.39 is 0 Å². The minimum atomic E-state index is -0.0866. The summed E-state index contributed by atoms with van der Waals surface area (Å²) in [6, 6.07) is 14.1. The van der Waals surface area contributed by atoms with Crippen molar-refractivity contribution in [3.8, 4) is 0 Å². The fraction of sp³-hybridized carbons (Fsp3) is 0.133. The lowest BCUT2D eigenvalue weighted by molar-refractivity contribution is 0.0726. The van der Waals surface area contributed by atoms with E-state index >= 15 is 0 Å². The lowest BCUT2D eigenvalue weighted by atomic mass is 10.1. The molecule has 0 aliphatic heterocycles. The summed E-state index contributed by atoms with van der Waals surface area (Å²) in [5, 5.41) is 1.22. The van der Waals surface area contributed by atoms with Crippen molar-refractivity contribution in [3.05, 3.63) is 69.7 Å². The molecule has 0 saturated heterocycles. The molecule has 0 atom stereocenters. The van der Waals surface area contributed by atoms with Gasteiger partial charge < -0.3 is 4.74 Å². The van der Waals surface area contributed by atoms with E-state index in [4.69, 9.17) is 27.9 Å². The van der Waals surface area contributed by atoms with Gasteiger partial charge in [0.1, 0.15) is 6.61 Å². The molecule has 0 aliphatic rings. The molecule has 2 rings (SSSR count). The first kappa shape index (κ1) is 14.1. The smallest absolute Gasteiger partial charge is 0.188 e. The fourth-order valence-electron chi connectivity index (χ4n) is 1.59. The first-order valence-electron chi connectivity index (χ1n) is 5.76. The fourth-order valence-corrected chi connectivity index (χ4v) is 1.90. The number of Topliss-reactive ketones (excluding diaryl/α,β-unsaturated/α-hetero) is 1. The van der Waals surface area contributed by atoms with Crippen molar-refractivity contribution in [1.82, 2.24) is 0 Å². The van der Waals surface area contributed by atoms with E-state index in [9.17, 15) is 4.79 Å². The second-order valence-electron chi connectivity index (χ2n) is 4.05. The van der Waals surface area contributed by atoms with E-state index in [1.54, 1.807) is 36.4 Å². The van der Waals surface area contributed by atoms with Gasteiger partial charge in [-0.2, -0.15) is 0 Å². The number of carbonyl (C=O) groups excluding carboxylic acids is 1. The van der Waals surface area contributed by atoms with Crippen LogP contribution in [0.25, 0.3) is 0 Å². The minimum Gasteiger partial charge on any atom is -0.369 e. The van der Waals surface area contributed by atoms with Gasteiger partial charge in [0.15, 0.2) is 5.78 Å². The van der Waals surface area contributed by atoms with Crippen molar-refractivity contribution >= 4 is 29.0 Å². The van der Waals surface area contributed by atoms with Crippen LogP contribution in [0.5, 0.6) is 0 Å². The van der Waals surface area contributed by atoms with Crippen LogP contribution in [0.1, 0.15) is 15.9 Å². The molecule has 0 amide bonds. The third kappa shape index (κ3) is 4.35. The molecule has 0 aliphatic carbocycles. The van der Waals surface area contributed by atoms with Crippen LogP contribution in [0.2, 0.25) is 10.0 Å². The zero-order valence-corrected chi connectivity index (χ0v) is 11.6. The Hall–Kier alpha value is -1.35. The number of benzene rings is 2. The highest BCUT2D eigenvalue weighted by Gasteiger charge is 2.06. The summed E-state index contributed by atoms with van der Waals surface area (Å²) >= 11 is 11.6. The van der Waals surface area contributed by atoms with E-state index in [0.717, 1.165) is 5.56 Å². The van der Waals surface area contributed by atoms with Gasteiger partial charge in [0.05, 0.1) is 6.61 Å². The maximum Gasteiger partial charge on any atom is 0.188 e. The number of ketones is 1. The number of ether oxygens (including phenoxy) is 1. The molecule has 98 valence electrons. The Morgan fingerprint density at radius 3 is 2.42 bits per heavy atom. The summed E-state index contributed by atoms with van der Waals surface area (Å²) in [6.45, 7) is 0.409. The Labute approximate surface area is 121 Å². The Kier molecular flexibility index (Phi) is 4.97.